The number of aromatic nitrogens is 3. The zero-order valence-electron chi connectivity index (χ0n) is 7.99. The number of nitrogen functional groups attached to an aromatic ring is 1. The second kappa shape index (κ2) is 3.23. The number of pyridine rings is 1. The molecule has 0 unspecified atom stereocenters. The number of H-pyrrole nitrogens is 1. The molecule has 0 saturated heterocycles. The Morgan fingerprint density at radius 2 is 2.33 bits per heavy atom. The maximum absolute atomic E-state index is 13.5. The van der Waals surface area contributed by atoms with Gasteiger partial charge in [-0.05, 0) is 6.07 Å². The van der Waals surface area contributed by atoms with Crippen molar-refractivity contribution in [3.8, 4) is 11.3 Å². The maximum atomic E-state index is 13.5. The summed E-state index contributed by atoms with van der Waals surface area (Å²) >= 11 is 0. The topological polar surface area (TPSA) is 76.7 Å². The fraction of sp³-hybridized carbons (Fsp3) is 0.111. The minimum absolute atomic E-state index is 0.0507. The van der Waals surface area contributed by atoms with Gasteiger partial charge in [-0.2, -0.15) is 5.10 Å². The molecule has 0 aliphatic rings. The van der Waals surface area contributed by atoms with E-state index >= 15 is 0 Å². The minimum atomic E-state index is -0.608. The Labute approximate surface area is 84.3 Å². The first-order valence-electron chi connectivity index (χ1n) is 4.26. The van der Waals surface area contributed by atoms with Crippen molar-refractivity contribution in [3.05, 3.63) is 34.5 Å². The van der Waals surface area contributed by atoms with Gasteiger partial charge in [-0.25, -0.2) is 9.07 Å². The lowest BCUT2D eigenvalue weighted by Crippen LogP contribution is -2.02. The van der Waals surface area contributed by atoms with Crippen LogP contribution < -0.4 is 11.3 Å². The van der Waals surface area contributed by atoms with Crippen LogP contribution in [0.5, 0.6) is 0 Å². The number of rotatable bonds is 1. The Hall–Kier alpha value is -2.11. The smallest absolute Gasteiger partial charge is 0.248 e. The molecule has 15 heavy (non-hydrogen) atoms. The predicted molar refractivity (Wildman–Crippen MR) is 53.6 cm³/mol. The highest BCUT2D eigenvalue weighted by molar-refractivity contribution is 5.62. The summed E-state index contributed by atoms with van der Waals surface area (Å²) in [7, 11) is 1.54. The number of aromatic amines is 1. The highest BCUT2D eigenvalue weighted by Gasteiger charge is 2.15. The van der Waals surface area contributed by atoms with Gasteiger partial charge in [-0.3, -0.25) is 4.79 Å². The van der Waals surface area contributed by atoms with Gasteiger partial charge in [-0.15, -0.1) is 0 Å². The molecule has 78 valence electrons. The van der Waals surface area contributed by atoms with Gasteiger partial charge in [0, 0.05) is 24.9 Å². The van der Waals surface area contributed by atoms with Gasteiger partial charge in [0.15, 0.2) is 11.6 Å². The number of hydrogen-bond donors (Lipinski definition) is 2. The van der Waals surface area contributed by atoms with Crippen LogP contribution >= 0.6 is 0 Å². The van der Waals surface area contributed by atoms with Crippen molar-refractivity contribution in [2.75, 3.05) is 5.73 Å². The van der Waals surface area contributed by atoms with Gasteiger partial charge in [0.2, 0.25) is 5.56 Å². The Kier molecular flexibility index (Phi) is 2.03. The van der Waals surface area contributed by atoms with Crippen LogP contribution in [0.3, 0.4) is 0 Å². The predicted octanol–water partition coefficient (Wildman–Crippen LogP) is 0.497. The third kappa shape index (κ3) is 1.50. The average Bonchev–Trinajstić information content (AvgIpc) is 2.46. The summed E-state index contributed by atoms with van der Waals surface area (Å²) < 4.78 is 14.7. The van der Waals surface area contributed by atoms with E-state index in [1.165, 1.54) is 24.0 Å². The van der Waals surface area contributed by atoms with Crippen LogP contribution in [0.15, 0.2) is 23.1 Å². The first-order chi connectivity index (χ1) is 7.09. The van der Waals surface area contributed by atoms with Crippen molar-refractivity contribution in [3.63, 3.8) is 0 Å². The SMILES string of the molecule is Cn1nc(-c2cc[nH]c(=O)c2)c(F)c1N. The molecule has 2 heterocycles. The van der Waals surface area contributed by atoms with Crippen LogP contribution in [0.4, 0.5) is 10.2 Å². The van der Waals surface area contributed by atoms with Crippen molar-refractivity contribution in [1.29, 1.82) is 0 Å². The van der Waals surface area contributed by atoms with Gasteiger partial charge in [-0.1, -0.05) is 0 Å². The summed E-state index contributed by atoms with van der Waals surface area (Å²) in [6.07, 6.45) is 1.43. The monoisotopic (exact) mass is 208 g/mol. The van der Waals surface area contributed by atoms with Crippen LogP contribution in [0, 0.1) is 5.82 Å². The molecule has 6 heteroatoms. The van der Waals surface area contributed by atoms with Crippen molar-refractivity contribution in [2.24, 2.45) is 7.05 Å². The fourth-order valence-corrected chi connectivity index (χ4v) is 1.29. The molecule has 0 aliphatic heterocycles. The molecule has 0 aromatic carbocycles. The molecule has 3 N–H and O–H groups in total. The third-order valence-corrected chi connectivity index (χ3v) is 2.08. The lowest BCUT2D eigenvalue weighted by atomic mass is 10.2. The third-order valence-electron chi connectivity index (χ3n) is 2.08. The zero-order valence-corrected chi connectivity index (χ0v) is 7.99. The van der Waals surface area contributed by atoms with E-state index in [1.54, 1.807) is 6.07 Å². The van der Waals surface area contributed by atoms with Crippen LogP contribution in [-0.2, 0) is 7.05 Å². The molecule has 2 rings (SSSR count). The maximum Gasteiger partial charge on any atom is 0.248 e. The number of nitrogens with zero attached hydrogens (tertiary/aromatic N) is 2. The van der Waals surface area contributed by atoms with E-state index < -0.39 is 5.82 Å². The summed E-state index contributed by atoms with van der Waals surface area (Å²) in [6.45, 7) is 0. The highest BCUT2D eigenvalue weighted by Crippen LogP contribution is 2.23. The number of anilines is 1. The molecule has 2 aromatic rings. The molecule has 0 radical (unpaired) electrons. The average molecular weight is 208 g/mol. The fourth-order valence-electron chi connectivity index (χ4n) is 1.29. The summed E-state index contributed by atoms with van der Waals surface area (Å²) in [5, 5.41) is 3.88. The molecule has 0 amide bonds. The van der Waals surface area contributed by atoms with E-state index in [9.17, 15) is 9.18 Å². The largest absolute Gasteiger partial charge is 0.381 e. The van der Waals surface area contributed by atoms with E-state index in [0.717, 1.165) is 0 Å². The van der Waals surface area contributed by atoms with Crippen molar-refractivity contribution < 1.29 is 4.39 Å². The Morgan fingerprint density at radius 1 is 1.60 bits per heavy atom. The van der Waals surface area contributed by atoms with Crippen LogP contribution in [-0.4, -0.2) is 14.8 Å². The van der Waals surface area contributed by atoms with Crippen molar-refractivity contribution in [2.45, 2.75) is 0 Å². The van der Waals surface area contributed by atoms with E-state index in [4.69, 9.17) is 5.73 Å². The van der Waals surface area contributed by atoms with Crippen molar-refractivity contribution in [1.82, 2.24) is 14.8 Å². The van der Waals surface area contributed by atoms with Crippen molar-refractivity contribution >= 4 is 5.82 Å². The second-order valence-corrected chi connectivity index (χ2v) is 3.11. The summed E-state index contributed by atoms with van der Waals surface area (Å²) in [4.78, 5) is 13.5. The molecular weight excluding hydrogens is 199 g/mol. The Bertz CT molecular complexity index is 557. The van der Waals surface area contributed by atoms with E-state index in [1.807, 2.05) is 0 Å². The van der Waals surface area contributed by atoms with E-state index in [2.05, 4.69) is 10.1 Å². The summed E-state index contributed by atoms with van der Waals surface area (Å²) in [6, 6.07) is 2.83. The highest BCUT2D eigenvalue weighted by atomic mass is 19.1. The van der Waals surface area contributed by atoms with E-state index in [-0.39, 0.29) is 17.1 Å². The minimum Gasteiger partial charge on any atom is -0.381 e. The van der Waals surface area contributed by atoms with Crippen LogP contribution in [0.1, 0.15) is 0 Å². The lowest BCUT2D eigenvalue weighted by Gasteiger charge is -1.94. The normalized spacial score (nSPS) is 10.5. The van der Waals surface area contributed by atoms with Gasteiger partial charge in [0.25, 0.3) is 0 Å². The number of nitrogens with two attached hydrogens (primary N) is 1. The second-order valence-electron chi connectivity index (χ2n) is 3.11. The molecule has 0 saturated carbocycles. The molecule has 0 spiro atoms. The summed E-state index contributed by atoms with van der Waals surface area (Å²) in [5.74, 6) is -0.659. The molecule has 5 nitrogen and oxygen atoms in total. The number of halogens is 1. The lowest BCUT2D eigenvalue weighted by molar-refractivity contribution is 0.634. The Balaban J connectivity index is 2.64. The molecule has 0 aliphatic carbocycles. The van der Waals surface area contributed by atoms with Gasteiger partial charge in [0.05, 0.1) is 0 Å². The van der Waals surface area contributed by atoms with Gasteiger partial charge in [0.1, 0.15) is 5.69 Å². The quantitative estimate of drug-likeness (QED) is 0.716. The molecule has 0 bridgehead atoms. The van der Waals surface area contributed by atoms with Crippen LogP contribution in [0.2, 0.25) is 0 Å². The number of nitrogens with one attached hydrogen (secondary N) is 1. The van der Waals surface area contributed by atoms with Gasteiger partial charge >= 0.3 is 0 Å². The van der Waals surface area contributed by atoms with Crippen LogP contribution in [0.25, 0.3) is 11.3 Å². The van der Waals surface area contributed by atoms with Gasteiger partial charge < -0.3 is 10.7 Å². The molecule has 0 atom stereocenters. The molecule has 2 aromatic heterocycles. The molecule has 0 fully saturated rings. The first kappa shape index (κ1) is 9.45. The van der Waals surface area contributed by atoms with E-state index in [0.29, 0.717) is 5.56 Å². The Morgan fingerprint density at radius 3 is 2.87 bits per heavy atom. The zero-order chi connectivity index (χ0) is 11.0. The number of hydrogen-bond acceptors (Lipinski definition) is 3. The first-order valence-corrected chi connectivity index (χ1v) is 4.26. The summed E-state index contributed by atoms with van der Waals surface area (Å²) in [5.41, 5.74) is 5.60. The molecular formula is C9H9FN4O. The number of aryl methyl sites for hydroxylation is 1. The standard InChI is InChI=1S/C9H9FN4O/c1-14-9(11)7(10)8(13-14)5-2-3-12-6(15)4-5/h2-4H,11H2,1H3,(H,12,15).